The number of thiophene rings is 1. The Balaban J connectivity index is 2.07. The molecule has 1 unspecified atom stereocenters. The van der Waals surface area contributed by atoms with E-state index in [1.54, 1.807) is 6.92 Å². The van der Waals surface area contributed by atoms with Crippen LogP contribution in [0, 0.1) is 5.82 Å². The number of anilines is 1. The van der Waals surface area contributed by atoms with Gasteiger partial charge >= 0.3 is 12.1 Å². The number of carboxylic acid groups (broad SMARTS) is 1. The Morgan fingerprint density at radius 3 is 2.59 bits per heavy atom. The zero-order valence-corrected chi connectivity index (χ0v) is 15.0. The van der Waals surface area contributed by atoms with Crippen molar-refractivity contribution in [3.05, 3.63) is 50.1 Å². The number of aromatic carboxylic acids is 1. The molecule has 0 aliphatic carbocycles. The van der Waals surface area contributed by atoms with Crippen LogP contribution in [0.3, 0.4) is 0 Å². The fourth-order valence-corrected chi connectivity index (χ4v) is 4.14. The van der Waals surface area contributed by atoms with Gasteiger partial charge < -0.3 is 15.2 Å². The Labute approximate surface area is 158 Å². The lowest BCUT2D eigenvalue weighted by Gasteiger charge is -2.14. The van der Waals surface area contributed by atoms with E-state index in [4.69, 9.17) is 16.3 Å². The third-order valence-electron chi connectivity index (χ3n) is 3.96. The van der Waals surface area contributed by atoms with E-state index in [9.17, 15) is 32.3 Å². The number of ether oxygens (including phenoxy) is 1. The predicted molar refractivity (Wildman–Crippen MR) is 88.8 cm³/mol. The molecule has 0 saturated carbocycles. The van der Waals surface area contributed by atoms with Gasteiger partial charge in [-0.25, -0.2) is 9.18 Å². The van der Waals surface area contributed by atoms with Crippen LogP contribution in [0.1, 0.15) is 49.7 Å². The molecule has 1 aliphatic heterocycles. The Morgan fingerprint density at radius 1 is 1.33 bits per heavy atom. The molecule has 27 heavy (non-hydrogen) atoms. The normalized spacial score (nSPS) is 16.3. The summed E-state index contributed by atoms with van der Waals surface area (Å²) in [4.78, 5) is 24.5. The number of benzene rings is 1. The summed E-state index contributed by atoms with van der Waals surface area (Å²) in [5.41, 5.74) is -2.77. The van der Waals surface area contributed by atoms with Gasteiger partial charge in [0.25, 0.3) is 5.91 Å². The monoisotopic (exact) mass is 423 g/mol. The molecule has 0 radical (unpaired) electrons. The molecule has 1 aliphatic rings. The fourth-order valence-electron chi connectivity index (χ4n) is 2.79. The maximum Gasteiger partial charge on any atom is 0.417 e. The van der Waals surface area contributed by atoms with Crippen molar-refractivity contribution in [3.8, 4) is 0 Å². The lowest BCUT2D eigenvalue weighted by molar-refractivity contribution is -0.138. The van der Waals surface area contributed by atoms with Gasteiger partial charge in [0.2, 0.25) is 0 Å². The van der Waals surface area contributed by atoms with E-state index in [2.05, 4.69) is 5.32 Å². The molecule has 1 amide bonds. The van der Waals surface area contributed by atoms with Crippen LogP contribution in [0.15, 0.2) is 12.1 Å². The first-order valence-electron chi connectivity index (χ1n) is 7.39. The van der Waals surface area contributed by atoms with E-state index in [0.717, 1.165) is 11.3 Å². The minimum atomic E-state index is -5.01. The quantitative estimate of drug-likeness (QED) is 0.673. The smallest absolute Gasteiger partial charge is 0.417 e. The molecular weight excluding hydrogens is 414 g/mol. The van der Waals surface area contributed by atoms with Crippen molar-refractivity contribution >= 4 is 39.8 Å². The average Bonchev–Trinajstić information content (AvgIpc) is 3.08. The number of hydrogen-bond donors (Lipinski definition) is 2. The molecule has 1 aromatic heterocycles. The van der Waals surface area contributed by atoms with E-state index in [1.165, 1.54) is 0 Å². The molecule has 11 heteroatoms. The Morgan fingerprint density at radius 2 is 2.00 bits per heavy atom. The molecule has 5 nitrogen and oxygen atoms in total. The summed E-state index contributed by atoms with van der Waals surface area (Å²) in [5.74, 6) is -4.37. The minimum absolute atomic E-state index is 0.108. The number of carbonyl (C=O) groups excluding carboxylic acids is 1. The molecule has 144 valence electrons. The second-order valence-corrected chi connectivity index (χ2v) is 7.15. The van der Waals surface area contributed by atoms with Crippen molar-refractivity contribution in [1.82, 2.24) is 0 Å². The van der Waals surface area contributed by atoms with Crippen LogP contribution in [0.5, 0.6) is 0 Å². The van der Waals surface area contributed by atoms with Crippen LogP contribution in [-0.2, 0) is 17.5 Å². The highest BCUT2D eigenvalue weighted by molar-refractivity contribution is 7.17. The van der Waals surface area contributed by atoms with E-state index in [1.807, 2.05) is 0 Å². The Bertz CT molecular complexity index is 957. The van der Waals surface area contributed by atoms with Crippen molar-refractivity contribution in [2.24, 2.45) is 0 Å². The second kappa shape index (κ2) is 6.77. The number of rotatable bonds is 3. The van der Waals surface area contributed by atoms with E-state index in [0.29, 0.717) is 22.6 Å². The topological polar surface area (TPSA) is 75.6 Å². The number of amides is 1. The van der Waals surface area contributed by atoms with Crippen molar-refractivity contribution in [1.29, 1.82) is 0 Å². The van der Waals surface area contributed by atoms with Crippen molar-refractivity contribution in [3.63, 3.8) is 0 Å². The number of halogens is 5. The Kier molecular flexibility index (Phi) is 4.91. The highest BCUT2D eigenvalue weighted by Gasteiger charge is 2.39. The molecule has 1 atom stereocenters. The van der Waals surface area contributed by atoms with E-state index in [-0.39, 0.29) is 17.2 Å². The van der Waals surface area contributed by atoms with E-state index < -0.39 is 46.1 Å². The third kappa shape index (κ3) is 3.40. The summed E-state index contributed by atoms with van der Waals surface area (Å²) in [6.07, 6.45) is -5.56. The number of alkyl halides is 3. The first-order chi connectivity index (χ1) is 12.5. The summed E-state index contributed by atoms with van der Waals surface area (Å²) < 4.78 is 59.0. The molecule has 0 spiro atoms. The van der Waals surface area contributed by atoms with Crippen molar-refractivity contribution < 1.29 is 37.0 Å². The first-order valence-corrected chi connectivity index (χ1v) is 8.58. The van der Waals surface area contributed by atoms with Gasteiger partial charge in [-0.1, -0.05) is 11.6 Å². The molecule has 2 aromatic rings. The summed E-state index contributed by atoms with van der Waals surface area (Å²) in [6.45, 7) is 1.71. The predicted octanol–water partition coefficient (Wildman–Crippen LogP) is 5.10. The highest BCUT2D eigenvalue weighted by atomic mass is 35.5. The Hall–Kier alpha value is -2.17. The zero-order chi connectivity index (χ0) is 20.1. The van der Waals surface area contributed by atoms with Gasteiger partial charge in [0.05, 0.1) is 28.9 Å². The van der Waals surface area contributed by atoms with Gasteiger partial charge in [-0.2, -0.15) is 13.2 Å². The number of carboxylic acids is 1. The highest BCUT2D eigenvalue weighted by Crippen LogP contribution is 2.44. The molecule has 3 rings (SSSR count). The lowest BCUT2D eigenvalue weighted by Crippen LogP contribution is -2.21. The maximum atomic E-state index is 14.2. The molecule has 0 bridgehead atoms. The van der Waals surface area contributed by atoms with Crippen LogP contribution in [0.25, 0.3) is 0 Å². The second-order valence-electron chi connectivity index (χ2n) is 5.64. The average molecular weight is 424 g/mol. The number of hydrogen-bond acceptors (Lipinski definition) is 4. The minimum Gasteiger partial charge on any atom is -0.478 e. The SMILES string of the molecule is CC1OCc2sc(NC(=O)c3c(C(F)(F)F)ccc(Cl)c3F)c(C(=O)O)c21. The van der Waals surface area contributed by atoms with Gasteiger partial charge in [-0.05, 0) is 19.1 Å². The molecular formula is C16H10ClF4NO4S. The van der Waals surface area contributed by atoms with Crippen LogP contribution >= 0.6 is 22.9 Å². The summed E-state index contributed by atoms with van der Waals surface area (Å²) >= 11 is 6.37. The third-order valence-corrected chi connectivity index (χ3v) is 5.35. The molecule has 0 saturated heterocycles. The van der Waals surface area contributed by atoms with Gasteiger partial charge in [-0.15, -0.1) is 11.3 Å². The number of nitrogens with one attached hydrogen (secondary N) is 1. The first kappa shape index (κ1) is 19.6. The van der Waals surface area contributed by atoms with Crippen molar-refractivity contribution in [2.75, 3.05) is 5.32 Å². The van der Waals surface area contributed by atoms with Gasteiger partial charge in [0.1, 0.15) is 10.6 Å². The van der Waals surface area contributed by atoms with Crippen LogP contribution < -0.4 is 5.32 Å². The van der Waals surface area contributed by atoms with Gasteiger partial charge in [0, 0.05) is 10.4 Å². The zero-order valence-electron chi connectivity index (χ0n) is 13.4. The van der Waals surface area contributed by atoms with Crippen LogP contribution in [0.2, 0.25) is 5.02 Å². The lowest BCUT2D eigenvalue weighted by atomic mass is 10.0. The van der Waals surface area contributed by atoms with E-state index >= 15 is 0 Å². The summed E-state index contributed by atoms with van der Waals surface area (Å²) in [7, 11) is 0. The van der Waals surface area contributed by atoms with Gasteiger partial charge in [-0.3, -0.25) is 4.79 Å². The summed E-state index contributed by atoms with van der Waals surface area (Å²) in [6, 6.07) is 1.18. The molecule has 2 heterocycles. The maximum absolute atomic E-state index is 14.2. The summed E-state index contributed by atoms with van der Waals surface area (Å²) in [5, 5.41) is 10.7. The fraction of sp³-hybridized carbons (Fsp3) is 0.250. The van der Waals surface area contributed by atoms with Crippen LogP contribution in [0.4, 0.5) is 22.6 Å². The number of carbonyl (C=O) groups is 2. The standard InChI is InChI=1S/C16H10ClF4NO4S/c1-5-9-8(4-26-5)27-14(11(9)15(24)25)22-13(23)10-6(16(19,20)21)2-3-7(17)12(10)18/h2-3,5H,4H2,1H3,(H,22,23)(H,24,25). The molecule has 1 aromatic carbocycles. The number of fused-ring (bicyclic) bond motifs is 1. The van der Waals surface area contributed by atoms with Gasteiger partial charge in [0.15, 0.2) is 5.82 Å². The molecule has 2 N–H and O–H groups in total. The molecule has 0 fully saturated rings. The largest absolute Gasteiger partial charge is 0.478 e. The van der Waals surface area contributed by atoms with Crippen LogP contribution in [-0.4, -0.2) is 17.0 Å². The van der Waals surface area contributed by atoms with Crippen molar-refractivity contribution in [2.45, 2.75) is 25.8 Å².